The van der Waals surface area contributed by atoms with Crippen molar-refractivity contribution < 1.29 is 14.6 Å². The molecule has 0 rings (SSSR count). The molecule has 0 aromatic rings. The summed E-state index contributed by atoms with van der Waals surface area (Å²) in [6.07, 6.45) is 4.06. The van der Waals surface area contributed by atoms with Crippen LogP contribution in [0.25, 0.3) is 0 Å². The van der Waals surface area contributed by atoms with Crippen LogP contribution in [0.4, 0.5) is 0 Å². The molecule has 0 aliphatic heterocycles. The van der Waals surface area contributed by atoms with E-state index in [2.05, 4.69) is 0 Å². The molecular formula is C11H19NO3. The summed E-state index contributed by atoms with van der Waals surface area (Å²) in [5.74, 6) is -1.04. The molecule has 0 saturated heterocycles. The van der Waals surface area contributed by atoms with Gasteiger partial charge in [0.05, 0.1) is 12.7 Å². The first kappa shape index (κ1) is 13.9. The third kappa shape index (κ3) is 6.92. The van der Waals surface area contributed by atoms with Crippen LogP contribution in [-0.2, 0) is 9.53 Å². The molecule has 0 bridgehead atoms. The van der Waals surface area contributed by atoms with Crippen LogP contribution in [0.1, 0.15) is 39.0 Å². The highest BCUT2D eigenvalue weighted by Gasteiger charge is 2.17. The zero-order chi connectivity index (χ0) is 11.5. The number of aliphatic hydroxyl groups excluding tert-OH is 1. The van der Waals surface area contributed by atoms with Gasteiger partial charge in [-0.3, -0.25) is 4.79 Å². The Morgan fingerprint density at radius 1 is 1.40 bits per heavy atom. The van der Waals surface area contributed by atoms with Crippen LogP contribution in [0.2, 0.25) is 0 Å². The van der Waals surface area contributed by atoms with Gasteiger partial charge >= 0.3 is 5.97 Å². The van der Waals surface area contributed by atoms with Gasteiger partial charge in [0.1, 0.15) is 5.92 Å². The van der Waals surface area contributed by atoms with Gasteiger partial charge < -0.3 is 9.84 Å². The minimum absolute atomic E-state index is 0.208. The summed E-state index contributed by atoms with van der Waals surface area (Å²) in [6.45, 7) is 2.26. The molecule has 0 spiro atoms. The molecule has 15 heavy (non-hydrogen) atoms. The topological polar surface area (TPSA) is 70.3 Å². The summed E-state index contributed by atoms with van der Waals surface area (Å²) in [5.41, 5.74) is 0. The number of esters is 1. The van der Waals surface area contributed by atoms with Crippen molar-refractivity contribution in [2.24, 2.45) is 5.92 Å². The molecule has 0 saturated carbocycles. The summed E-state index contributed by atoms with van der Waals surface area (Å²) in [7, 11) is 0. The number of hydrogen-bond donors (Lipinski definition) is 1. The highest BCUT2D eigenvalue weighted by Crippen LogP contribution is 2.11. The van der Waals surface area contributed by atoms with Crippen LogP contribution >= 0.6 is 0 Å². The maximum absolute atomic E-state index is 11.2. The van der Waals surface area contributed by atoms with Gasteiger partial charge in [-0.05, 0) is 19.8 Å². The van der Waals surface area contributed by atoms with Gasteiger partial charge in [-0.1, -0.05) is 19.3 Å². The van der Waals surface area contributed by atoms with Crippen LogP contribution in [0.3, 0.4) is 0 Å². The Labute approximate surface area is 90.9 Å². The van der Waals surface area contributed by atoms with Crippen molar-refractivity contribution in [3.05, 3.63) is 0 Å². The van der Waals surface area contributed by atoms with E-state index in [9.17, 15) is 4.79 Å². The van der Waals surface area contributed by atoms with E-state index >= 15 is 0 Å². The van der Waals surface area contributed by atoms with Crippen molar-refractivity contribution in [1.29, 1.82) is 5.26 Å². The molecule has 4 heteroatoms. The molecule has 0 fully saturated rings. The number of nitriles is 1. The van der Waals surface area contributed by atoms with Gasteiger partial charge in [0.15, 0.2) is 0 Å². The second-order valence-electron chi connectivity index (χ2n) is 3.36. The maximum atomic E-state index is 11.2. The van der Waals surface area contributed by atoms with Gasteiger partial charge in [-0.25, -0.2) is 0 Å². The molecule has 0 aliphatic carbocycles. The molecule has 1 atom stereocenters. The van der Waals surface area contributed by atoms with Crippen LogP contribution in [-0.4, -0.2) is 24.3 Å². The molecule has 1 unspecified atom stereocenters. The van der Waals surface area contributed by atoms with E-state index in [1.165, 1.54) is 0 Å². The molecule has 0 amide bonds. The molecular weight excluding hydrogens is 194 g/mol. The van der Waals surface area contributed by atoms with E-state index in [0.29, 0.717) is 13.0 Å². The maximum Gasteiger partial charge on any atom is 0.323 e. The second-order valence-corrected chi connectivity index (χ2v) is 3.36. The molecule has 86 valence electrons. The van der Waals surface area contributed by atoms with E-state index in [1.807, 2.05) is 6.07 Å². The molecule has 0 aliphatic rings. The third-order valence-electron chi connectivity index (χ3n) is 2.13. The van der Waals surface area contributed by atoms with Crippen molar-refractivity contribution >= 4 is 5.97 Å². The quantitative estimate of drug-likeness (QED) is 0.491. The second kappa shape index (κ2) is 9.47. The molecule has 0 aromatic heterocycles. The first-order valence-corrected chi connectivity index (χ1v) is 5.43. The van der Waals surface area contributed by atoms with Gasteiger partial charge in [0, 0.05) is 6.61 Å². The van der Waals surface area contributed by atoms with Crippen molar-refractivity contribution in [1.82, 2.24) is 0 Å². The first-order chi connectivity index (χ1) is 7.26. The van der Waals surface area contributed by atoms with E-state index in [-0.39, 0.29) is 6.61 Å². The highest BCUT2D eigenvalue weighted by molar-refractivity contribution is 5.75. The minimum atomic E-state index is -0.626. The number of ether oxygens (including phenoxy) is 1. The lowest BCUT2D eigenvalue weighted by Gasteiger charge is -2.07. The van der Waals surface area contributed by atoms with Crippen molar-refractivity contribution in [2.45, 2.75) is 39.0 Å². The van der Waals surface area contributed by atoms with Gasteiger partial charge in [-0.2, -0.15) is 5.26 Å². The third-order valence-corrected chi connectivity index (χ3v) is 2.13. The Bertz CT molecular complexity index is 210. The zero-order valence-electron chi connectivity index (χ0n) is 9.24. The lowest BCUT2D eigenvalue weighted by atomic mass is 10.0. The van der Waals surface area contributed by atoms with E-state index in [4.69, 9.17) is 15.1 Å². The predicted molar refractivity (Wildman–Crippen MR) is 55.9 cm³/mol. The van der Waals surface area contributed by atoms with E-state index in [0.717, 1.165) is 25.7 Å². The minimum Gasteiger partial charge on any atom is -0.465 e. The Kier molecular flexibility index (Phi) is 8.79. The van der Waals surface area contributed by atoms with Gasteiger partial charge in [-0.15, -0.1) is 0 Å². The van der Waals surface area contributed by atoms with Crippen molar-refractivity contribution in [3.8, 4) is 6.07 Å². The van der Waals surface area contributed by atoms with Crippen molar-refractivity contribution in [3.63, 3.8) is 0 Å². The Balaban J connectivity index is 3.62. The summed E-state index contributed by atoms with van der Waals surface area (Å²) < 4.78 is 4.77. The SMILES string of the molecule is CCOC(=O)C(C#N)CCCCCCO. The molecule has 0 aromatic carbocycles. The fourth-order valence-corrected chi connectivity index (χ4v) is 1.29. The zero-order valence-corrected chi connectivity index (χ0v) is 9.24. The number of rotatable bonds is 8. The molecule has 0 heterocycles. The normalized spacial score (nSPS) is 11.8. The van der Waals surface area contributed by atoms with Crippen LogP contribution in [0, 0.1) is 17.2 Å². The van der Waals surface area contributed by atoms with Gasteiger partial charge in [0.25, 0.3) is 0 Å². The lowest BCUT2D eigenvalue weighted by Crippen LogP contribution is -2.16. The Hall–Kier alpha value is -1.08. The largest absolute Gasteiger partial charge is 0.465 e. The molecule has 4 nitrogen and oxygen atoms in total. The Morgan fingerprint density at radius 2 is 2.07 bits per heavy atom. The number of hydrogen-bond acceptors (Lipinski definition) is 4. The summed E-state index contributed by atoms with van der Waals surface area (Å²) in [6, 6.07) is 1.95. The summed E-state index contributed by atoms with van der Waals surface area (Å²) >= 11 is 0. The molecule has 0 radical (unpaired) electrons. The Morgan fingerprint density at radius 3 is 2.60 bits per heavy atom. The standard InChI is InChI=1S/C11H19NO3/c1-2-15-11(14)10(9-12)7-5-3-4-6-8-13/h10,13H,2-8H2,1H3. The fraction of sp³-hybridized carbons (Fsp3) is 0.818. The van der Waals surface area contributed by atoms with Crippen molar-refractivity contribution in [2.75, 3.05) is 13.2 Å². The highest BCUT2D eigenvalue weighted by atomic mass is 16.5. The summed E-state index contributed by atoms with van der Waals surface area (Å²) in [4.78, 5) is 11.2. The fourth-order valence-electron chi connectivity index (χ4n) is 1.29. The monoisotopic (exact) mass is 213 g/mol. The van der Waals surface area contributed by atoms with Crippen LogP contribution in [0.5, 0.6) is 0 Å². The van der Waals surface area contributed by atoms with Gasteiger partial charge in [0.2, 0.25) is 0 Å². The lowest BCUT2D eigenvalue weighted by molar-refractivity contribution is -0.146. The summed E-state index contributed by atoms with van der Waals surface area (Å²) in [5, 5.41) is 17.3. The van der Waals surface area contributed by atoms with Crippen LogP contribution < -0.4 is 0 Å². The average molecular weight is 213 g/mol. The molecule has 1 N–H and O–H groups in total. The van der Waals surface area contributed by atoms with E-state index < -0.39 is 11.9 Å². The first-order valence-electron chi connectivity index (χ1n) is 5.43. The number of unbranched alkanes of at least 4 members (excludes halogenated alkanes) is 3. The predicted octanol–water partition coefficient (Wildman–Crippen LogP) is 1.63. The number of nitrogens with zero attached hydrogens (tertiary/aromatic N) is 1. The number of carbonyl (C=O) groups is 1. The van der Waals surface area contributed by atoms with Crippen LogP contribution in [0.15, 0.2) is 0 Å². The number of aliphatic hydroxyl groups is 1. The number of carbonyl (C=O) groups excluding carboxylic acids is 1. The smallest absolute Gasteiger partial charge is 0.323 e. The van der Waals surface area contributed by atoms with E-state index in [1.54, 1.807) is 6.92 Å². The average Bonchev–Trinajstić information content (AvgIpc) is 2.23.